The van der Waals surface area contributed by atoms with E-state index in [4.69, 9.17) is 0 Å². The number of halogens is 3. The van der Waals surface area contributed by atoms with Crippen LogP contribution in [0, 0.1) is 17.3 Å². The van der Waals surface area contributed by atoms with E-state index in [9.17, 15) is 13.2 Å². The molecule has 0 aliphatic heterocycles. The van der Waals surface area contributed by atoms with E-state index >= 15 is 0 Å². The molecule has 0 aromatic heterocycles. The van der Waals surface area contributed by atoms with Crippen molar-refractivity contribution >= 4 is 0 Å². The molecule has 0 amide bonds. The molecule has 1 fully saturated rings. The van der Waals surface area contributed by atoms with Crippen LogP contribution in [-0.2, 0) is 0 Å². The highest BCUT2D eigenvalue weighted by Crippen LogP contribution is 2.45. The van der Waals surface area contributed by atoms with Gasteiger partial charge in [0.25, 0.3) is 0 Å². The third-order valence-electron chi connectivity index (χ3n) is 3.91. The summed E-state index contributed by atoms with van der Waals surface area (Å²) in [5.74, 6) is -1.42. The molecule has 0 saturated heterocycles. The maximum absolute atomic E-state index is 13.0. The predicted molar refractivity (Wildman–Crippen MR) is 63.8 cm³/mol. The van der Waals surface area contributed by atoms with Gasteiger partial charge in [0.2, 0.25) is 0 Å². The van der Waals surface area contributed by atoms with Crippen molar-refractivity contribution in [3.05, 3.63) is 0 Å². The lowest BCUT2D eigenvalue weighted by Crippen LogP contribution is -2.50. The van der Waals surface area contributed by atoms with Crippen molar-refractivity contribution in [1.29, 1.82) is 0 Å². The van der Waals surface area contributed by atoms with Crippen LogP contribution in [-0.4, -0.2) is 19.3 Å². The molecule has 1 aliphatic carbocycles. The molecule has 0 heterocycles. The molecule has 1 N–H and O–H groups in total. The van der Waals surface area contributed by atoms with E-state index in [0.717, 1.165) is 6.42 Å². The van der Waals surface area contributed by atoms with E-state index in [2.05, 4.69) is 5.32 Å². The van der Waals surface area contributed by atoms with Gasteiger partial charge < -0.3 is 5.32 Å². The van der Waals surface area contributed by atoms with Gasteiger partial charge in [0.1, 0.15) is 0 Å². The van der Waals surface area contributed by atoms with Crippen molar-refractivity contribution in [2.24, 2.45) is 17.3 Å². The molecule has 1 aliphatic rings. The van der Waals surface area contributed by atoms with Crippen molar-refractivity contribution in [2.75, 3.05) is 7.05 Å². The van der Waals surface area contributed by atoms with E-state index in [-0.39, 0.29) is 17.4 Å². The number of rotatable bonds is 2. The summed E-state index contributed by atoms with van der Waals surface area (Å²) in [6.45, 7) is 6.03. The van der Waals surface area contributed by atoms with Crippen LogP contribution in [0.4, 0.5) is 13.2 Å². The van der Waals surface area contributed by atoms with E-state index in [1.165, 1.54) is 0 Å². The van der Waals surface area contributed by atoms with Crippen LogP contribution in [0.15, 0.2) is 0 Å². The van der Waals surface area contributed by atoms with Crippen molar-refractivity contribution in [2.45, 2.75) is 58.7 Å². The zero-order valence-electron chi connectivity index (χ0n) is 11.2. The van der Waals surface area contributed by atoms with E-state index in [1.807, 2.05) is 20.8 Å². The molecule has 1 nitrogen and oxygen atoms in total. The summed E-state index contributed by atoms with van der Waals surface area (Å²) in [6.07, 6.45) is -1.44. The summed E-state index contributed by atoms with van der Waals surface area (Å²) >= 11 is 0. The van der Waals surface area contributed by atoms with E-state index in [1.54, 1.807) is 7.05 Å². The maximum atomic E-state index is 13.0. The van der Waals surface area contributed by atoms with Crippen molar-refractivity contribution in [1.82, 2.24) is 5.32 Å². The molecule has 102 valence electrons. The normalized spacial score (nSPS) is 29.1. The Morgan fingerprint density at radius 2 is 1.59 bits per heavy atom. The Kier molecular flexibility index (Phi) is 4.50. The Balaban J connectivity index is 2.90. The van der Waals surface area contributed by atoms with Crippen LogP contribution < -0.4 is 5.32 Å². The first kappa shape index (κ1) is 14.8. The molecule has 17 heavy (non-hydrogen) atoms. The molecule has 3 atom stereocenters. The van der Waals surface area contributed by atoms with Gasteiger partial charge in [0.15, 0.2) is 0 Å². The lowest BCUT2D eigenvalue weighted by Gasteiger charge is -2.43. The Morgan fingerprint density at radius 3 is 2.00 bits per heavy atom. The minimum absolute atomic E-state index is 0.0746. The first-order valence-corrected chi connectivity index (χ1v) is 6.42. The second-order valence-corrected chi connectivity index (χ2v) is 6.23. The second kappa shape index (κ2) is 5.17. The number of alkyl halides is 3. The average molecular weight is 251 g/mol. The van der Waals surface area contributed by atoms with Gasteiger partial charge in [-0.05, 0) is 31.2 Å². The van der Waals surface area contributed by atoms with Gasteiger partial charge in [-0.2, -0.15) is 13.2 Å². The fourth-order valence-electron chi connectivity index (χ4n) is 3.25. The largest absolute Gasteiger partial charge is 0.392 e. The van der Waals surface area contributed by atoms with Crippen molar-refractivity contribution in [3.8, 4) is 0 Å². The Hall–Kier alpha value is -0.250. The number of nitrogens with one attached hydrogen (secondary N) is 1. The van der Waals surface area contributed by atoms with Crippen LogP contribution in [0.1, 0.15) is 46.5 Å². The van der Waals surface area contributed by atoms with Gasteiger partial charge >= 0.3 is 6.18 Å². The lowest BCUT2D eigenvalue weighted by molar-refractivity contribution is -0.202. The summed E-state index contributed by atoms with van der Waals surface area (Å²) in [6, 6.07) is -0.0746. The standard InChI is InChI=1S/C13H24F3N/c1-12(2,3)11(17-4)9-7-5-6-8-10(9)13(14,15)16/h9-11,17H,5-8H2,1-4H3. The van der Waals surface area contributed by atoms with Crippen molar-refractivity contribution < 1.29 is 13.2 Å². The fraction of sp³-hybridized carbons (Fsp3) is 1.00. The second-order valence-electron chi connectivity index (χ2n) is 6.23. The molecule has 0 spiro atoms. The third-order valence-corrected chi connectivity index (χ3v) is 3.91. The highest BCUT2D eigenvalue weighted by molar-refractivity contribution is 4.93. The summed E-state index contributed by atoms with van der Waals surface area (Å²) in [7, 11) is 1.78. The summed E-state index contributed by atoms with van der Waals surface area (Å²) in [5.41, 5.74) is -0.139. The fourth-order valence-corrected chi connectivity index (χ4v) is 3.25. The van der Waals surface area contributed by atoms with Crippen LogP contribution >= 0.6 is 0 Å². The third kappa shape index (κ3) is 3.60. The number of hydrogen-bond donors (Lipinski definition) is 1. The molecule has 0 bridgehead atoms. The van der Waals surface area contributed by atoms with Crippen LogP contribution in [0.3, 0.4) is 0 Å². The molecule has 0 aromatic rings. The zero-order chi connectivity index (χ0) is 13.3. The minimum atomic E-state index is -4.05. The highest BCUT2D eigenvalue weighted by atomic mass is 19.4. The highest BCUT2D eigenvalue weighted by Gasteiger charge is 2.49. The first-order chi connectivity index (χ1) is 7.68. The van der Waals surface area contributed by atoms with Gasteiger partial charge in [0.05, 0.1) is 5.92 Å². The first-order valence-electron chi connectivity index (χ1n) is 6.42. The molecule has 1 rings (SSSR count). The number of hydrogen-bond acceptors (Lipinski definition) is 1. The summed E-state index contributed by atoms with van der Waals surface area (Å²) in [4.78, 5) is 0. The average Bonchev–Trinajstić information content (AvgIpc) is 2.15. The SMILES string of the molecule is CNC(C1CCCCC1C(F)(F)F)C(C)(C)C. The van der Waals surface area contributed by atoms with Crippen LogP contribution in [0.5, 0.6) is 0 Å². The summed E-state index contributed by atoms with van der Waals surface area (Å²) in [5, 5.41) is 3.11. The molecule has 0 aromatic carbocycles. The van der Waals surface area contributed by atoms with E-state index < -0.39 is 12.1 Å². The van der Waals surface area contributed by atoms with Gasteiger partial charge in [-0.25, -0.2) is 0 Å². The van der Waals surface area contributed by atoms with Crippen molar-refractivity contribution in [3.63, 3.8) is 0 Å². The van der Waals surface area contributed by atoms with Gasteiger partial charge in [-0.15, -0.1) is 0 Å². The Bertz CT molecular complexity index is 226. The molecule has 1 saturated carbocycles. The smallest absolute Gasteiger partial charge is 0.316 e. The zero-order valence-corrected chi connectivity index (χ0v) is 11.2. The quantitative estimate of drug-likeness (QED) is 0.782. The minimum Gasteiger partial charge on any atom is -0.316 e. The Morgan fingerprint density at radius 1 is 1.06 bits per heavy atom. The lowest BCUT2D eigenvalue weighted by atomic mass is 9.68. The Labute approximate surface area is 102 Å². The van der Waals surface area contributed by atoms with Crippen LogP contribution in [0.2, 0.25) is 0 Å². The monoisotopic (exact) mass is 251 g/mol. The molecule has 3 unspecified atom stereocenters. The summed E-state index contributed by atoms with van der Waals surface area (Å²) < 4.78 is 39.1. The molecular weight excluding hydrogens is 227 g/mol. The predicted octanol–water partition coefficient (Wildman–Crippen LogP) is 3.99. The molecule has 4 heteroatoms. The van der Waals surface area contributed by atoms with E-state index in [0.29, 0.717) is 19.3 Å². The van der Waals surface area contributed by atoms with Gasteiger partial charge in [0, 0.05) is 6.04 Å². The molecular formula is C13H24F3N. The topological polar surface area (TPSA) is 12.0 Å². The maximum Gasteiger partial charge on any atom is 0.392 e. The van der Waals surface area contributed by atoms with Gasteiger partial charge in [-0.3, -0.25) is 0 Å². The molecule has 0 radical (unpaired) electrons. The van der Waals surface area contributed by atoms with Crippen LogP contribution in [0.25, 0.3) is 0 Å². The van der Waals surface area contributed by atoms with Gasteiger partial charge in [-0.1, -0.05) is 33.6 Å².